The topological polar surface area (TPSA) is 58.4 Å². The van der Waals surface area contributed by atoms with Gasteiger partial charge in [-0.1, -0.05) is 19.8 Å². The molecule has 1 amide bonds. The number of carbonyl (C=O) groups excluding carboxylic acids is 1. The molecule has 2 N–H and O–H groups in total. The van der Waals surface area contributed by atoms with Crippen molar-refractivity contribution in [3.63, 3.8) is 0 Å². The predicted octanol–water partition coefficient (Wildman–Crippen LogP) is 3.83. The fourth-order valence-electron chi connectivity index (χ4n) is 3.15. The summed E-state index contributed by atoms with van der Waals surface area (Å²) in [6, 6.07) is 5.19. The number of hydrogen-bond donors (Lipinski definition) is 2. The molecule has 8 heteroatoms. The van der Waals surface area contributed by atoms with Gasteiger partial charge in [0.05, 0.1) is 17.4 Å². The van der Waals surface area contributed by atoms with Crippen molar-refractivity contribution in [3.8, 4) is 0 Å². The highest BCUT2D eigenvalue weighted by Gasteiger charge is 2.39. The first-order valence-electron chi connectivity index (χ1n) is 7.98. The van der Waals surface area contributed by atoms with Gasteiger partial charge in [-0.2, -0.15) is 18.3 Å². The molecule has 24 heavy (non-hydrogen) atoms. The van der Waals surface area contributed by atoms with E-state index < -0.39 is 12.1 Å². The van der Waals surface area contributed by atoms with Crippen LogP contribution < -0.4 is 10.6 Å². The lowest BCUT2D eigenvalue weighted by Gasteiger charge is -2.30. The molecule has 1 aliphatic carbocycles. The van der Waals surface area contributed by atoms with Crippen molar-refractivity contribution >= 4 is 22.9 Å². The summed E-state index contributed by atoms with van der Waals surface area (Å²) in [6.45, 7) is 2.20. The Kier molecular flexibility index (Phi) is 4.38. The molecule has 2 aromatic heterocycles. The summed E-state index contributed by atoms with van der Waals surface area (Å²) in [5.41, 5.74) is 1.43. The van der Waals surface area contributed by atoms with Crippen LogP contribution in [0, 0.1) is 5.92 Å². The van der Waals surface area contributed by atoms with Gasteiger partial charge in [0.2, 0.25) is 0 Å². The Hall–Kier alpha value is -2.25. The molecule has 5 nitrogen and oxygen atoms in total. The fourth-order valence-corrected chi connectivity index (χ4v) is 3.15. The van der Waals surface area contributed by atoms with Crippen LogP contribution in [0.3, 0.4) is 0 Å². The molecule has 3 rings (SSSR count). The average molecular weight is 340 g/mol. The number of fused-ring (bicyclic) bond motifs is 1. The van der Waals surface area contributed by atoms with Crippen LogP contribution in [0.25, 0.3) is 5.52 Å². The van der Waals surface area contributed by atoms with Crippen molar-refractivity contribution in [2.45, 2.75) is 44.8 Å². The second-order valence-electron chi connectivity index (χ2n) is 6.22. The summed E-state index contributed by atoms with van der Waals surface area (Å²) >= 11 is 0. The van der Waals surface area contributed by atoms with Gasteiger partial charge in [-0.05, 0) is 37.0 Å². The van der Waals surface area contributed by atoms with Crippen LogP contribution in [0.1, 0.15) is 32.6 Å². The third kappa shape index (κ3) is 3.32. The predicted molar refractivity (Wildman–Crippen MR) is 84.9 cm³/mol. The highest BCUT2D eigenvalue weighted by atomic mass is 19.4. The summed E-state index contributed by atoms with van der Waals surface area (Å²) in [7, 11) is 0. The number of halogens is 3. The van der Waals surface area contributed by atoms with Crippen molar-refractivity contribution in [1.82, 2.24) is 9.61 Å². The van der Waals surface area contributed by atoms with E-state index in [1.165, 1.54) is 23.2 Å². The standard InChI is InChI=1S/C16H19F3N4O/c1-10-4-2-3-5-11(10)21-12-8-9-20-23-13(12)6-7-14(23)22-15(24)16(17,18)19/h6-11,21H,2-5H2,1H3,(H,22,24). The van der Waals surface area contributed by atoms with E-state index in [0.29, 0.717) is 17.5 Å². The maximum Gasteiger partial charge on any atom is 0.471 e. The van der Waals surface area contributed by atoms with Crippen molar-refractivity contribution in [1.29, 1.82) is 0 Å². The zero-order valence-electron chi connectivity index (χ0n) is 13.2. The van der Waals surface area contributed by atoms with Gasteiger partial charge >= 0.3 is 12.1 Å². The first kappa shape index (κ1) is 16.6. The molecule has 2 aromatic rings. The van der Waals surface area contributed by atoms with Gasteiger partial charge in [0.25, 0.3) is 0 Å². The first-order valence-corrected chi connectivity index (χ1v) is 7.98. The molecule has 0 bridgehead atoms. The molecule has 130 valence electrons. The normalized spacial score (nSPS) is 21.7. The number of nitrogens with zero attached hydrogens (tertiary/aromatic N) is 2. The highest BCUT2D eigenvalue weighted by Crippen LogP contribution is 2.29. The van der Waals surface area contributed by atoms with E-state index in [1.807, 2.05) is 5.32 Å². The van der Waals surface area contributed by atoms with Crippen LogP contribution in [0.2, 0.25) is 0 Å². The second kappa shape index (κ2) is 6.33. The molecule has 1 fully saturated rings. The van der Waals surface area contributed by atoms with E-state index in [9.17, 15) is 18.0 Å². The van der Waals surface area contributed by atoms with Gasteiger partial charge in [-0.25, -0.2) is 4.52 Å². The summed E-state index contributed by atoms with van der Waals surface area (Å²) in [5, 5.41) is 9.37. The number of aromatic nitrogens is 2. The van der Waals surface area contributed by atoms with Gasteiger partial charge in [0, 0.05) is 6.04 Å². The maximum absolute atomic E-state index is 12.4. The van der Waals surface area contributed by atoms with Crippen LogP contribution in [0.5, 0.6) is 0 Å². The van der Waals surface area contributed by atoms with E-state index >= 15 is 0 Å². The number of alkyl halides is 3. The SMILES string of the molecule is CC1CCCCC1Nc1ccnn2c(NC(=O)C(F)(F)F)ccc12. The molecule has 0 saturated heterocycles. The molecule has 2 atom stereocenters. The average Bonchev–Trinajstić information content (AvgIpc) is 2.93. The smallest absolute Gasteiger partial charge is 0.380 e. The maximum atomic E-state index is 12.4. The minimum absolute atomic E-state index is 0.00679. The van der Waals surface area contributed by atoms with Gasteiger partial charge < -0.3 is 10.6 Å². The third-order valence-corrected chi connectivity index (χ3v) is 4.51. The van der Waals surface area contributed by atoms with Crippen LogP contribution in [0.15, 0.2) is 24.4 Å². The Morgan fingerprint density at radius 2 is 2.00 bits per heavy atom. The van der Waals surface area contributed by atoms with Crippen molar-refractivity contribution in [3.05, 3.63) is 24.4 Å². The van der Waals surface area contributed by atoms with Gasteiger partial charge in [0.15, 0.2) is 0 Å². The van der Waals surface area contributed by atoms with Crippen LogP contribution in [-0.2, 0) is 4.79 Å². The van der Waals surface area contributed by atoms with Gasteiger partial charge in [-0.15, -0.1) is 0 Å². The highest BCUT2D eigenvalue weighted by molar-refractivity contribution is 5.95. The summed E-state index contributed by atoms with van der Waals surface area (Å²) in [4.78, 5) is 11.1. The number of anilines is 2. The number of rotatable bonds is 3. The van der Waals surface area contributed by atoms with E-state index in [2.05, 4.69) is 17.3 Å². The fraction of sp³-hybridized carbons (Fsp3) is 0.500. The van der Waals surface area contributed by atoms with Gasteiger partial charge in [0.1, 0.15) is 5.82 Å². The van der Waals surface area contributed by atoms with E-state index in [-0.39, 0.29) is 5.82 Å². The molecule has 2 unspecified atom stereocenters. The Morgan fingerprint density at radius 1 is 1.25 bits per heavy atom. The quantitative estimate of drug-likeness (QED) is 0.893. The van der Waals surface area contributed by atoms with Crippen molar-refractivity contribution in [2.24, 2.45) is 5.92 Å². The lowest BCUT2D eigenvalue weighted by atomic mass is 9.86. The molecule has 0 aromatic carbocycles. The monoisotopic (exact) mass is 340 g/mol. The zero-order chi connectivity index (χ0) is 17.3. The zero-order valence-corrected chi connectivity index (χ0v) is 13.2. The minimum Gasteiger partial charge on any atom is -0.380 e. The van der Waals surface area contributed by atoms with Crippen LogP contribution in [0.4, 0.5) is 24.7 Å². The Labute approximate surface area is 137 Å². The van der Waals surface area contributed by atoms with Gasteiger partial charge in [-0.3, -0.25) is 4.79 Å². The number of nitrogens with one attached hydrogen (secondary N) is 2. The van der Waals surface area contributed by atoms with Crippen LogP contribution >= 0.6 is 0 Å². The number of amides is 1. The van der Waals surface area contributed by atoms with E-state index in [4.69, 9.17) is 0 Å². The molecule has 0 aliphatic heterocycles. The summed E-state index contributed by atoms with van der Waals surface area (Å²) in [5.74, 6) is -1.48. The number of carbonyl (C=O) groups is 1. The molecule has 0 spiro atoms. The molecular weight excluding hydrogens is 321 g/mol. The minimum atomic E-state index is -4.93. The summed E-state index contributed by atoms with van der Waals surface area (Å²) in [6.07, 6.45) is 1.19. The number of hydrogen-bond acceptors (Lipinski definition) is 3. The molecule has 2 heterocycles. The Bertz CT molecular complexity index is 740. The third-order valence-electron chi connectivity index (χ3n) is 4.51. The molecule has 0 radical (unpaired) electrons. The van der Waals surface area contributed by atoms with Crippen molar-refractivity contribution in [2.75, 3.05) is 10.6 Å². The Balaban J connectivity index is 1.85. The van der Waals surface area contributed by atoms with Crippen LogP contribution in [-0.4, -0.2) is 27.7 Å². The lowest BCUT2D eigenvalue weighted by molar-refractivity contribution is -0.167. The molecule has 1 aliphatic rings. The van der Waals surface area contributed by atoms with Crippen molar-refractivity contribution < 1.29 is 18.0 Å². The molecular formula is C16H19F3N4O. The van der Waals surface area contributed by atoms with E-state index in [0.717, 1.165) is 24.9 Å². The largest absolute Gasteiger partial charge is 0.471 e. The Morgan fingerprint density at radius 3 is 2.71 bits per heavy atom. The van der Waals surface area contributed by atoms with E-state index in [1.54, 1.807) is 12.1 Å². The molecule has 1 saturated carbocycles. The summed E-state index contributed by atoms with van der Waals surface area (Å²) < 4.78 is 38.6. The first-order chi connectivity index (χ1) is 11.4. The lowest BCUT2D eigenvalue weighted by Crippen LogP contribution is -2.31. The second-order valence-corrected chi connectivity index (χ2v) is 6.22.